The van der Waals surface area contributed by atoms with Crippen LogP contribution in [0.2, 0.25) is 0 Å². The molecule has 1 heterocycles. The fraction of sp³-hybridized carbons (Fsp3) is 0.588. The Morgan fingerprint density at radius 2 is 2.12 bits per heavy atom. The number of carbonyl (C=O) groups is 1. The number of para-hydroxylation sites is 1. The van der Waals surface area contributed by atoms with Crippen LogP contribution in [0.5, 0.6) is 5.75 Å². The van der Waals surface area contributed by atoms with Crippen LogP contribution in [0.3, 0.4) is 0 Å². The van der Waals surface area contributed by atoms with Crippen molar-refractivity contribution in [3.05, 3.63) is 23.8 Å². The number of carbonyl (C=O) groups excluding carboxylic acids is 1. The Labute approximate surface area is 154 Å². The van der Waals surface area contributed by atoms with E-state index in [-0.39, 0.29) is 47.6 Å². The second-order valence-electron chi connectivity index (χ2n) is 6.74. The molecule has 0 bridgehead atoms. The second-order valence-corrected chi connectivity index (χ2v) is 8.49. The summed E-state index contributed by atoms with van der Waals surface area (Å²) in [5, 5.41) is 12.6. The summed E-state index contributed by atoms with van der Waals surface area (Å²) in [6.45, 7) is 4.54. The van der Waals surface area contributed by atoms with Gasteiger partial charge >= 0.3 is 0 Å². The first-order chi connectivity index (χ1) is 12.2. The van der Waals surface area contributed by atoms with Gasteiger partial charge in [0.05, 0.1) is 30.2 Å². The standard InChI is InChI=1S/C17H27N3O5S/c1-11-9-20(12(2)10-21)17(22)13-6-5-7-14(19-26(4,23)24)16(13)25-15(11)8-18-3/h5-7,11-12,15,18-19,21H,8-10H2,1-4H3/t11-,12+,15+/m1/s1. The molecule has 3 N–H and O–H groups in total. The number of nitrogens with zero attached hydrogens (tertiary/aromatic N) is 1. The maximum Gasteiger partial charge on any atom is 0.258 e. The Kier molecular flexibility index (Phi) is 6.48. The maximum absolute atomic E-state index is 13.1. The van der Waals surface area contributed by atoms with Crippen LogP contribution >= 0.6 is 0 Å². The van der Waals surface area contributed by atoms with E-state index < -0.39 is 10.0 Å². The number of nitrogens with one attached hydrogen (secondary N) is 2. The van der Waals surface area contributed by atoms with Crippen molar-refractivity contribution in [1.82, 2.24) is 10.2 Å². The SMILES string of the molecule is CNC[C@@H]1Oc2c(NS(C)(=O)=O)cccc2C(=O)N([C@@H](C)CO)C[C@H]1C. The van der Waals surface area contributed by atoms with E-state index in [0.717, 1.165) is 6.26 Å². The molecule has 0 unspecified atom stereocenters. The van der Waals surface area contributed by atoms with E-state index in [1.54, 1.807) is 37.1 Å². The number of ether oxygens (including phenoxy) is 1. The third kappa shape index (κ3) is 4.66. The highest BCUT2D eigenvalue weighted by atomic mass is 32.2. The number of benzene rings is 1. The van der Waals surface area contributed by atoms with Crippen molar-refractivity contribution in [3.63, 3.8) is 0 Å². The number of sulfonamides is 1. The summed E-state index contributed by atoms with van der Waals surface area (Å²) >= 11 is 0. The molecule has 1 amide bonds. The third-order valence-electron chi connectivity index (χ3n) is 4.39. The van der Waals surface area contributed by atoms with E-state index in [0.29, 0.717) is 13.1 Å². The lowest BCUT2D eigenvalue weighted by molar-refractivity contribution is 0.0417. The summed E-state index contributed by atoms with van der Waals surface area (Å²) in [5.41, 5.74) is 0.497. The quantitative estimate of drug-likeness (QED) is 0.658. The first kappa shape index (κ1) is 20.5. The zero-order chi connectivity index (χ0) is 19.5. The van der Waals surface area contributed by atoms with Crippen LogP contribution < -0.4 is 14.8 Å². The maximum atomic E-state index is 13.1. The monoisotopic (exact) mass is 385 g/mol. The summed E-state index contributed by atoms with van der Waals surface area (Å²) < 4.78 is 31.9. The molecular formula is C17H27N3O5S. The average Bonchev–Trinajstić information content (AvgIpc) is 2.56. The molecule has 0 spiro atoms. The third-order valence-corrected chi connectivity index (χ3v) is 4.98. The smallest absolute Gasteiger partial charge is 0.258 e. The van der Waals surface area contributed by atoms with Crippen molar-refractivity contribution < 1.29 is 23.1 Å². The van der Waals surface area contributed by atoms with Gasteiger partial charge in [0.25, 0.3) is 5.91 Å². The highest BCUT2D eigenvalue weighted by Gasteiger charge is 2.33. The van der Waals surface area contributed by atoms with Gasteiger partial charge in [-0.25, -0.2) is 8.42 Å². The highest BCUT2D eigenvalue weighted by Crippen LogP contribution is 2.35. The van der Waals surface area contributed by atoms with Crippen molar-refractivity contribution in [3.8, 4) is 5.75 Å². The largest absolute Gasteiger partial charge is 0.486 e. The Morgan fingerprint density at radius 3 is 2.69 bits per heavy atom. The zero-order valence-corrected chi connectivity index (χ0v) is 16.3. The topological polar surface area (TPSA) is 108 Å². The lowest BCUT2D eigenvalue weighted by Gasteiger charge is -2.37. The number of hydrogen-bond donors (Lipinski definition) is 3. The number of hydrogen-bond acceptors (Lipinski definition) is 6. The number of rotatable bonds is 6. The molecule has 9 heteroatoms. The fourth-order valence-corrected chi connectivity index (χ4v) is 3.53. The molecule has 1 aliphatic rings. The predicted octanol–water partition coefficient (Wildman–Crippen LogP) is 0.498. The molecular weight excluding hydrogens is 358 g/mol. The normalized spacial score (nSPS) is 22.0. The van der Waals surface area contributed by atoms with Crippen LogP contribution in [-0.2, 0) is 10.0 Å². The highest BCUT2D eigenvalue weighted by molar-refractivity contribution is 7.92. The van der Waals surface area contributed by atoms with Gasteiger partial charge in [0.1, 0.15) is 6.10 Å². The fourth-order valence-electron chi connectivity index (χ4n) is 2.97. The number of fused-ring (bicyclic) bond motifs is 1. The second kappa shape index (κ2) is 8.24. The number of likely N-dealkylation sites (N-methyl/N-ethyl adjacent to an activating group) is 1. The van der Waals surface area contributed by atoms with Crippen molar-refractivity contribution in [1.29, 1.82) is 0 Å². The molecule has 0 radical (unpaired) electrons. The lowest BCUT2D eigenvalue weighted by Crippen LogP contribution is -2.49. The van der Waals surface area contributed by atoms with Crippen molar-refractivity contribution in [2.45, 2.75) is 26.0 Å². The van der Waals surface area contributed by atoms with Gasteiger partial charge in [-0.15, -0.1) is 0 Å². The van der Waals surface area contributed by atoms with Crippen molar-refractivity contribution in [2.75, 3.05) is 37.7 Å². The molecule has 1 aliphatic heterocycles. The zero-order valence-electron chi connectivity index (χ0n) is 15.5. The van der Waals surface area contributed by atoms with Gasteiger partial charge in [-0.3, -0.25) is 9.52 Å². The van der Waals surface area contributed by atoms with Gasteiger partial charge in [0.15, 0.2) is 5.75 Å². The minimum absolute atomic E-state index is 0.0279. The molecule has 0 saturated carbocycles. The van der Waals surface area contributed by atoms with E-state index in [2.05, 4.69) is 10.0 Å². The Hall–Kier alpha value is -1.84. The summed E-state index contributed by atoms with van der Waals surface area (Å²) in [6, 6.07) is 4.41. The summed E-state index contributed by atoms with van der Waals surface area (Å²) in [5.74, 6) is -0.113. The first-order valence-corrected chi connectivity index (χ1v) is 10.4. The summed E-state index contributed by atoms with van der Waals surface area (Å²) in [6.07, 6.45) is 0.771. The van der Waals surface area contributed by atoms with Gasteiger partial charge in [0.2, 0.25) is 10.0 Å². The van der Waals surface area contributed by atoms with Crippen LogP contribution in [0.15, 0.2) is 18.2 Å². The van der Waals surface area contributed by atoms with Crippen LogP contribution in [0.1, 0.15) is 24.2 Å². The van der Waals surface area contributed by atoms with Crippen LogP contribution in [0.25, 0.3) is 0 Å². The number of amides is 1. The molecule has 8 nitrogen and oxygen atoms in total. The lowest BCUT2D eigenvalue weighted by atomic mass is 9.99. The molecule has 1 aromatic carbocycles. The minimum Gasteiger partial charge on any atom is -0.486 e. The van der Waals surface area contributed by atoms with Crippen molar-refractivity contribution in [2.24, 2.45) is 5.92 Å². The van der Waals surface area contributed by atoms with Gasteiger partial charge in [-0.05, 0) is 26.1 Å². The van der Waals surface area contributed by atoms with E-state index in [1.165, 1.54) is 0 Å². The molecule has 26 heavy (non-hydrogen) atoms. The molecule has 0 aliphatic carbocycles. The van der Waals surface area contributed by atoms with E-state index in [9.17, 15) is 18.3 Å². The van der Waals surface area contributed by atoms with Crippen LogP contribution in [-0.4, -0.2) is 69.5 Å². The van der Waals surface area contributed by atoms with E-state index in [1.807, 2.05) is 6.92 Å². The molecule has 1 aromatic rings. The molecule has 3 atom stereocenters. The van der Waals surface area contributed by atoms with E-state index >= 15 is 0 Å². The average molecular weight is 385 g/mol. The Balaban J connectivity index is 2.59. The van der Waals surface area contributed by atoms with Gasteiger partial charge < -0.3 is 20.1 Å². The van der Waals surface area contributed by atoms with Gasteiger partial charge in [-0.1, -0.05) is 13.0 Å². The number of anilines is 1. The van der Waals surface area contributed by atoms with Crippen LogP contribution in [0, 0.1) is 5.92 Å². The van der Waals surface area contributed by atoms with Crippen molar-refractivity contribution >= 4 is 21.6 Å². The van der Waals surface area contributed by atoms with Crippen LogP contribution in [0.4, 0.5) is 5.69 Å². The van der Waals surface area contributed by atoms with Gasteiger partial charge in [0, 0.05) is 19.0 Å². The number of aliphatic hydroxyl groups excluding tert-OH is 1. The minimum atomic E-state index is -3.54. The summed E-state index contributed by atoms with van der Waals surface area (Å²) in [7, 11) is -1.74. The first-order valence-electron chi connectivity index (χ1n) is 8.51. The molecule has 0 aromatic heterocycles. The number of aliphatic hydroxyl groups is 1. The molecule has 0 saturated heterocycles. The molecule has 146 valence electrons. The summed E-state index contributed by atoms with van der Waals surface area (Å²) in [4.78, 5) is 14.7. The van der Waals surface area contributed by atoms with E-state index in [4.69, 9.17) is 4.74 Å². The predicted molar refractivity (Wildman–Crippen MR) is 100.0 cm³/mol. The Bertz CT molecular complexity index is 753. The molecule has 2 rings (SSSR count). The van der Waals surface area contributed by atoms with Gasteiger partial charge in [-0.2, -0.15) is 0 Å². The Morgan fingerprint density at radius 1 is 1.42 bits per heavy atom. The molecule has 0 fully saturated rings.